The summed E-state index contributed by atoms with van der Waals surface area (Å²) in [5.74, 6) is 3.11. The second-order valence-corrected chi connectivity index (χ2v) is 7.69. The third kappa shape index (κ3) is 6.14. The van der Waals surface area contributed by atoms with Crippen LogP contribution in [-0.4, -0.2) is 40.6 Å². The number of hydrogen-bond acceptors (Lipinski definition) is 7. The van der Waals surface area contributed by atoms with Crippen molar-refractivity contribution in [2.24, 2.45) is 7.05 Å². The molecule has 1 atom stereocenters. The zero-order chi connectivity index (χ0) is 22.2. The van der Waals surface area contributed by atoms with Crippen molar-refractivity contribution in [1.82, 2.24) is 20.1 Å². The first-order valence-electron chi connectivity index (χ1n) is 9.72. The lowest BCUT2D eigenvalue weighted by atomic mass is 10.2. The van der Waals surface area contributed by atoms with E-state index >= 15 is 0 Å². The summed E-state index contributed by atoms with van der Waals surface area (Å²) in [5, 5.41) is 12.0. The van der Waals surface area contributed by atoms with E-state index in [-0.39, 0.29) is 17.8 Å². The number of benzene rings is 2. The van der Waals surface area contributed by atoms with Crippen molar-refractivity contribution in [3.8, 4) is 17.2 Å². The Kier molecular flexibility index (Phi) is 7.77. The van der Waals surface area contributed by atoms with Gasteiger partial charge in [0.25, 0.3) is 0 Å². The minimum Gasteiger partial charge on any atom is -0.497 e. The zero-order valence-electron chi connectivity index (χ0n) is 18.0. The molecule has 0 fully saturated rings. The Morgan fingerprint density at radius 2 is 1.58 bits per heavy atom. The zero-order valence-corrected chi connectivity index (χ0v) is 18.8. The fourth-order valence-electron chi connectivity index (χ4n) is 2.84. The van der Waals surface area contributed by atoms with Gasteiger partial charge >= 0.3 is 0 Å². The second-order valence-electron chi connectivity index (χ2n) is 6.75. The Morgan fingerprint density at radius 1 is 1.00 bits per heavy atom. The number of amides is 1. The average molecular weight is 443 g/mol. The van der Waals surface area contributed by atoms with E-state index in [2.05, 4.69) is 15.5 Å². The maximum absolute atomic E-state index is 12.2. The number of carbonyl (C=O) groups is 1. The summed E-state index contributed by atoms with van der Waals surface area (Å²) in [4.78, 5) is 12.2. The maximum atomic E-state index is 12.2. The van der Waals surface area contributed by atoms with Crippen LogP contribution in [0.25, 0.3) is 0 Å². The molecule has 164 valence electrons. The number of ether oxygens (including phenoxy) is 3. The van der Waals surface area contributed by atoms with E-state index in [1.807, 2.05) is 67.1 Å². The van der Waals surface area contributed by atoms with Crippen LogP contribution in [0.1, 0.15) is 24.4 Å². The number of hydrogen-bond donors (Lipinski definition) is 1. The molecule has 1 aromatic heterocycles. The molecular formula is C22H26N4O4S. The lowest BCUT2D eigenvalue weighted by Crippen LogP contribution is -2.24. The van der Waals surface area contributed by atoms with Gasteiger partial charge < -0.3 is 24.1 Å². The molecule has 9 heteroatoms. The highest BCUT2D eigenvalue weighted by Crippen LogP contribution is 2.25. The quantitative estimate of drug-likeness (QED) is 0.482. The average Bonchev–Trinajstić information content (AvgIpc) is 3.17. The lowest BCUT2D eigenvalue weighted by molar-refractivity contribution is -0.118. The monoisotopic (exact) mass is 442 g/mol. The van der Waals surface area contributed by atoms with Gasteiger partial charge in [-0.05, 0) is 48.9 Å². The van der Waals surface area contributed by atoms with Gasteiger partial charge in [-0.1, -0.05) is 23.9 Å². The summed E-state index contributed by atoms with van der Waals surface area (Å²) in [5.41, 5.74) is 1.00. The van der Waals surface area contributed by atoms with Crippen molar-refractivity contribution >= 4 is 17.7 Å². The van der Waals surface area contributed by atoms with Crippen LogP contribution in [0, 0.1) is 0 Å². The minimum atomic E-state index is -0.302. The van der Waals surface area contributed by atoms with Crippen molar-refractivity contribution < 1.29 is 19.0 Å². The van der Waals surface area contributed by atoms with Crippen molar-refractivity contribution in [3.05, 3.63) is 59.9 Å². The minimum absolute atomic E-state index is 0.0760. The molecule has 3 rings (SSSR count). The highest BCUT2D eigenvalue weighted by molar-refractivity contribution is 7.99. The SMILES string of the molecule is COc1ccc(CNC(=O)CSc2nnc(C(C)Oc3ccc(OC)cc3)n2C)cc1. The predicted molar refractivity (Wildman–Crippen MR) is 119 cm³/mol. The van der Waals surface area contributed by atoms with Crippen LogP contribution in [0.4, 0.5) is 0 Å². The van der Waals surface area contributed by atoms with Crippen LogP contribution in [0.15, 0.2) is 53.7 Å². The number of nitrogens with one attached hydrogen (secondary N) is 1. The van der Waals surface area contributed by atoms with Gasteiger partial charge in [0.05, 0.1) is 20.0 Å². The highest BCUT2D eigenvalue weighted by Gasteiger charge is 2.18. The molecule has 8 nitrogen and oxygen atoms in total. The summed E-state index contributed by atoms with van der Waals surface area (Å²) >= 11 is 1.33. The van der Waals surface area contributed by atoms with E-state index in [9.17, 15) is 4.79 Å². The molecule has 31 heavy (non-hydrogen) atoms. The maximum Gasteiger partial charge on any atom is 0.230 e. The van der Waals surface area contributed by atoms with Gasteiger partial charge in [-0.3, -0.25) is 4.79 Å². The lowest BCUT2D eigenvalue weighted by Gasteiger charge is -2.14. The summed E-state index contributed by atoms with van der Waals surface area (Å²) in [6, 6.07) is 14.9. The molecule has 1 unspecified atom stereocenters. The van der Waals surface area contributed by atoms with E-state index in [0.29, 0.717) is 23.3 Å². The summed E-state index contributed by atoms with van der Waals surface area (Å²) < 4.78 is 18.1. The van der Waals surface area contributed by atoms with Crippen LogP contribution < -0.4 is 19.5 Å². The van der Waals surface area contributed by atoms with Crippen LogP contribution >= 0.6 is 11.8 Å². The van der Waals surface area contributed by atoms with Crippen LogP contribution in [0.2, 0.25) is 0 Å². The Labute approximate surface area is 185 Å². The molecule has 1 amide bonds. The van der Waals surface area contributed by atoms with Gasteiger partial charge in [-0.25, -0.2) is 0 Å². The van der Waals surface area contributed by atoms with E-state index in [1.165, 1.54) is 11.8 Å². The fraction of sp³-hybridized carbons (Fsp3) is 0.318. The molecule has 0 aliphatic heterocycles. The first kappa shape index (κ1) is 22.5. The number of carbonyl (C=O) groups excluding carboxylic acids is 1. The van der Waals surface area contributed by atoms with Crippen molar-refractivity contribution in [2.75, 3.05) is 20.0 Å². The first-order chi connectivity index (χ1) is 15.0. The highest BCUT2D eigenvalue weighted by atomic mass is 32.2. The molecule has 0 aliphatic rings. The van der Waals surface area contributed by atoms with Crippen LogP contribution in [-0.2, 0) is 18.4 Å². The van der Waals surface area contributed by atoms with Gasteiger partial charge in [-0.15, -0.1) is 10.2 Å². The molecule has 0 spiro atoms. The fourth-order valence-corrected chi connectivity index (χ4v) is 3.59. The smallest absolute Gasteiger partial charge is 0.230 e. The molecule has 0 saturated heterocycles. The molecular weight excluding hydrogens is 416 g/mol. The van der Waals surface area contributed by atoms with Gasteiger partial charge in [0.15, 0.2) is 17.1 Å². The van der Waals surface area contributed by atoms with Crippen molar-refractivity contribution in [3.63, 3.8) is 0 Å². The van der Waals surface area contributed by atoms with Gasteiger partial charge in [0, 0.05) is 13.6 Å². The van der Waals surface area contributed by atoms with E-state index in [4.69, 9.17) is 14.2 Å². The normalized spacial score (nSPS) is 11.6. The van der Waals surface area contributed by atoms with Crippen molar-refractivity contribution in [1.29, 1.82) is 0 Å². The van der Waals surface area contributed by atoms with Crippen LogP contribution in [0.5, 0.6) is 17.2 Å². The van der Waals surface area contributed by atoms with Crippen molar-refractivity contribution in [2.45, 2.75) is 24.7 Å². The number of methoxy groups -OCH3 is 2. The molecule has 1 N–H and O–H groups in total. The number of nitrogens with zero attached hydrogens (tertiary/aromatic N) is 3. The molecule has 1 heterocycles. The third-order valence-corrected chi connectivity index (χ3v) is 5.61. The third-order valence-electron chi connectivity index (χ3n) is 4.59. The first-order valence-corrected chi connectivity index (χ1v) is 10.7. The van der Waals surface area contributed by atoms with E-state index in [0.717, 1.165) is 17.1 Å². The largest absolute Gasteiger partial charge is 0.497 e. The number of rotatable bonds is 10. The van der Waals surface area contributed by atoms with Gasteiger partial charge in [-0.2, -0.15) is 0 Å². The Hall–Kier alpha value is -3.20. The molecule has 0 bridgehead atoms. The summed E-state index contributed by atoms with van der Waals surface area (Å²) in [7, 11) is 5.11. The van der Waals surface area contributed by atoms with Gasteiger partial charge in [0.1, 0.15) is 17.2 Å². The molecule has 2 aromatic carbocycles. The Morgan fingerprint density at radius 3 is 2.19 bits per heavy atom. The summed E-state index contributed by atoms with van der Waals surface area (Å²) in [6.45, 7) is 2.37. The van der Waals surface area contributed by atoms with E-state index in [1.54, 1.807) is 14.2 Å². The molecule has 0 radical (unpaired) electrons. The standard InChI is InChI=1S/C22H26N4O4S/c1-15(30-19-11-9-18(29-4)10-12-19)21-24-25-22(26(21)2)31-14-20(27)23-13-16-5-7-17(28-3)8-6-16/h5-12,15H,13-14H2,1-4H3,(H,23,27). The topological polar surface area (TPSA) is 87.5 Å². The van der Waals surface area contributed by atoms with E-state index < -0.39 is 0 Å². The van der Waals surface area contributed by atoms with Crippen LogP contribution in [0.3, 0.4) is 0 Å². The number of aromatic nitrogens is 3. The summed E-state index contributed by atoms with van der Waals surface area (Å²) in [6.07, 6.45) is -0.302. The number of thioether (sulfide) groups is 1. The molecule has 0 saturated carbocycles. The van der Waals surface area contributed by atoms with Gasteiger partial charge in [0.2, 0.25) is 5.91 Å². The second kappa shape index (κ2) is 10.7. The molecule has 3 aromatic rings. The molecule has 0 aliphatic carbocycles. The predicted octanol–water partition coefficient (Wildman–Crippen LogP) is 3.38. The Bertz CT molecular complexity index is 990. The Balaban J connectivity index is 1.50.